The van der Waals surface area contributed by atoms with Crippen molar-refractivity contribution < 1.29 is 91.5 Å². The van der Waals surface area contributed by atoms with Crippen molar-refractivity contribution >= 4 is 11.9 Å². The Hall–Kier alpha value is 1.17. The Morgan fingerprint density at radius 2 is 1.52 bits per heavy atom. The minimum absolute atomic E-state index is 0. The van der Waals surface area contributed by atoms with Gasteiger partial charge in [0, 0.05) is 0 Å². The van der Waals surface area contributed by atoms with E-state index in [2.05, 4.69) is 34.6 Å². The summed E-state index contributed by atoms with van der Waals surface area (Å²) in [7, 11) is 0. The molecule has 0 bridgehead atoms. The topological polar surface area (TPSA) is 74.6 Å². The molecule has 0 rings (SSSR count). The molecule has 0 heterocycles. The zero-order valence-electron chi connectivity index (χ0n) is 15.7. The second-order valence-electron chi connectivity index (χ2n) is 5.88. The molecule has 4 nitrogen and oxygen atoms in total. The number of rotatable bonds is 7. The minimum Gasteiger partial charge on any atom is -1.00 e. The summed E-state index contributed by atoms with van der Waals surface area (Å²) < 4.78 is 0. The monoisotopic (exact) mass is 320 g/mol. The molecule has 2 N–H and O–H groups in total. The molecule has 0 aliphatic heterocycles. The van der Waals surface area contributed by atoms with Gasteiger partial charge in [-0.15, -0.1) is 0 Å². The van der Waals surface area contributed by atoms with Crippen molar-refractivity contribution in [1.29, 1.82) is 0 Å². The predicted octanol–water partition coefficient (Wildman–Crippen LogP) is -1.88. The van der Waals surface area contributed by atoms with Gasteiger partial charge in [-0.2, -0.15) is 5.92 Å². The van der Waals surface area contributed by atoms with Gasteiger partial charge in [0.25, 0.3) is 0 Å². The molecule has 0 saturated heterocycles. The van der Waals surface area contributed by atoms with Crippen molar-refractivity contribution in [2.24, 2.45) is 11.3 Å². The van der Waals surface area contributed by atoms with Crippen molar-refractivity contribution in [3.8, 4) is 0 Å². The molecule has 0 aliphatic rings. The van der Waals surface area contributed by atoms with Crippen LogP contribution in [-0.2, 0) is 9.59 Å². The van der Waals surface area contributed by atoms with Crippen LogP contribution in [0.1, 0.15) is 67.6 Å². The first-order valence-corrected chi connectivity index (χ1v) is 6.87. The summed E-state index contributed by atoms with van der Waals surface area (Å²) in [6.07, 6.45) is 5.95. The van der Waals surface area contributed by atoms with E-state index in [0.29, 0.717) is 11.3 Å². The molecule has 116 valence electrons. The fourth-order valence-corrected chi connectivity index (χ4v) is 1.38. The number of carboxylic acid groups (broad SMARTS) is 2. The van der Waals surface area contributed by atoms with Crippen LogP contribution in [0.25, 0.3) is 0 Å². The van der Waals surface area contributed by atoms with Crippen LogP contribution < -0.4 is 70.2 Å². The van der Waals surface area contributed by atoms with E-state index in [1.807, 2.05) is 0 Å². The summed E-state index contributed by atoms with van der Waals surface area (Å²) in [5.41, 5.74) is 0.395. The molecule has 6 heteroatoms. The third-order valence-corrected chi connectivity index (χ3v) is 2.93. The van der Waals surface area contributed by atoms with Gasteiger partial charge in [0.1, 0.15) is 6.42 Å². The Labute approximate surface area is 185 Å². The third kappa shape index (κ3) is 26.4. The first-order valence-electron chi connectivity index (χ1n) is 6.87. The van der Waals surface area contributed by atoms with E-state index in [0.717, 1.165) is 0 Å². The summed E-state index contributed by atoms with van der Waals surface area (Å²) in [4.78, 5) is 18.9. The molecule has 1 atom stereocenters. The van der Waals surface area contributed by atoms with E-state index >= 15 is 0 Å². The van der Waals surface area contributed by atoms with E-state index in [1.165, 1.54) is 32.1 Å². The number of unbranched alkanes of at least 4 members (excludes halogenated alkanes) is 3. The molecule has 1 unspecified atom stereocenters. The van der Waals surface area contributed by atoms with Gasteiger partial charge in [0.2, 0.25) is 0 Å². The van der Waals surface area contributed by atoms with Crippen molar-refractivity contribution in [2.75, 3.05) is 0 Å². The van der Waals surface area contributed by atoms with Gasteiger partial charge in [0.05, 0.1) is 0 Å². The van der Waals surface area contributed by atoms with Crippen LogP contribution in [0.3, 0.4) is 0 Å². The molecule has 0 aliphatic carbocycles. The largest absolute Gasteiger partial charge is 1.00 e. The van der Waals surface area contributed by atoms with Crippen LogP contribution in [0, 0.1) is 18.3 Å². The SMILES string of the molecule is O=C(O)CC(=O)O.[CH2-]C(CCCCCC)C(C)(C)C.[H-].[K+].[Li+]. The van der Waals surface area contributed by atoms with E-state index in [-0.39, 0.29) is 71.7 Å². The third-order valence-electron chi connectivity index (χ3n) is 2.93. The number of hydrogen-bond donors (Lipinski definition) is 2. The Kier molecular flexibility index (Phi) is 25.1. The van der Waals surface area contributed by atoms with Gasteiger partial charge < -0.3 is 18.6 Å². The van der Waals surface area contributed by atoms with Crippen molar-refractivity contribution in [2.45, 2.75) is 66.2 Å². The summed E-state index contributed by atoms with van der Waals surface area (Å²) in [6, 6.07) is 0. The quantitative estimate of drug-likeness (QED) is 0.249. The molecule has 0 aromatic heterocycles. The van der Waals surface area contributed by atoms with Crippen LogP contribution in [0.2, 0.25) is 0 Å². The number of aliphatic carboxylic acids is 2. The first-order chi connectivity index (χ1) is 8.61. The van der Waals surface area contributed by atoms with E-state index in [1.54, 1.807) is 0 Å². The van der Waals surface area contributed by atoms with Gasteiger partial charge in [-0.05, 0) is 0 Å². The Morgan fingerprint density at radius 3 is 1.76 bits per heavy atom. The summed E-state index contributed by atoms with van der Waals surface area (Å²) in [5, 5.41) is 15.4. The van der Waals surface area contributed by atoms with E-state index < -0.39 is 18.4 Å². The molecule has 0 saturated carbocycles. The maximum absolute atomic E-state index is 9.43. The molecular weight excluding hydrogens is 290 g/mol. The van der Waals surface area contributed by atoms with Crippen molar-refractivity contribution in [1.82, 2.24) is 0 Å². The van der Waals surface area contributed by atoms with Crippen LogP contribution in [-0.4, -0.2) is 22.2 Å². The molecule has 0 aromatic carbocycles. The number of carbonyl (C=O) groups is 2. The van der Waals surface area contributed by atoms with Crippen molar-refractivity contribution in [3.63, 3.8) is 0 Å². The normalized spacial score (nSPS) is 11.1. The second-order valence-corrected chi connectivity index (χ2v) is 5.88. The average Bonchev–Trinajstić information content (AvgIpc) is 2.21. The summed E-state index contributed by atoms with van der Waals surface area (Å²) in [6.45, 7) is 13.3. The van der Waals surface area contributed by atoms with Gasteiger partial charge in [-0.3, -0.25) is 9.59 Å². The van der Waals surface area contributed by atoms with Crippen LogP contribution in [0.15, 0.2) is 0 Å². The maximum Gasteiger partial charge on any atom is 1.00 e. The zero-order chi connectivity index (χ0) is 15.5. The van der Waals surface area contributed by atoms with Gasteiger partial charge in [-0.25, -0.2) is 0 Å². The van der Waals surface area contributed by atoms with E-state index in [9.17, 15) is 9.59 Å². The van der Waals surface area contributed by atoms with Crippen molar-refractivity contribution in [3.05, 3.63) is 6.92 Å². The second kappa shape index (κ2) is 17.5. The van der Waals surface area contributed by atoms with Crippen LogP contribution in [0.4, 0.5) is 0 Å². The Bertz CT molecular complexity index is 259. The van der Waals surface area contributed by atoms with Gasteiger partial charge in [-0.1, -0.05) is 65.2 Å². The molecule has 0 radical (unpaired) electrons. The molecule has 21 heavy (non-hydrogen) atoms. The smallest absolute Gasteiger partial charge is 1.00 e. The van der Waals surface area contributed by atoms with Crippen LogP contribution in [0.5, 0.6) is 0 Å². The standard InChI is InChI=1S/C12H25.C3H4O4.K.Li.H/c1-6-7-8-9-10-11(2)12(3,4)5;4-2(5)1-3(6)7;;;/h11H,2,6-10H2,1,3-5H3;1H2,(H,4,5)(H,6,7);;;/q-1;;2*+1;-1. The van der Waals surface area contributed by atoms with Gasteiger partial charge in [0.15, 0.2) is 0 Å². The summed E-state index contributed by atoms with van der Waals surface area (Å²) >= 11 is 0. The zero-order valence-corrected chi connectivity index (χ0v) is 17.9. The Morgan fingerprint density at radius 1 is 1.10 bits per heavy atom. The average molecular weight is 320 g/mol. The predicted molar refractivity (Wildman–Crippen MR) is 78.1 cm³/mol. The van der Waals surface area contributed by atoms with E-state index in [4.69, 9.17) is 10.2 Å². The minimum atomic E-state index is -1.31. The van der Waals surface area contributed by atoms with Crippen LogP contribution >= 0.6 is 0 Å². The molecular formula is C15H30KLiO4. The van der Waals surface area contributed by atoms with Gasteiger partial charge >= 0.3 is 82.2 Å². The molecule has 0 spiro atoms. The molecule has 0 aromatic rings. The fourth-order valence-electron chi connectivity index (χ4n) is 1.38. The number of carboxylic acids is 2. The molecule has 0 amide bonds. The molecule has 0 fully saturated rings. The first kappa shape index (κ1) is 30.1. The number of hydrogen-bond acceptors (Lipinski definition) is 2. The fraction of sp³-hybridized carbons (Fsp3) is 0.800. The maximum atomic E-state index is 9.43. The summed E-state index contributed by atoms with van der Waals surface area (Å²) in [5.74, 6) is -2.01. The Balaban J connectivity index is -0.0000000850.